The zero-order valence-corrected chi connectivity index (χ0v) is 29.9. The van der Waals surface area contributed by atoms with E-state index in [1.807, 2.05) is 64.1 Å². The molecule has 0 aliphatic carbocycles. The molecule has 6 atom stereocenters. The number of alkyl carbamates (subject to hydrolysis) is 1. The van der Waals surface area contributed by atoms with Crippen LogP contribution in [0.4, 0.5) is 14.0 Å². The predicted molar refractivity (Wildman–Crippen MR) is 183 cm³/mol. The van der Waals surface area contributed by atoms with Crippen LogP contribution >= 0.6 is 0 Å². The molecular formula is C37H54FN3O8. The van der Waals surface area contributed by atoms with Gasteiger partial charge in [-0.25, -0.2) is 14.0 Å². The minimum absolute atomic E-state index is 0.170. The Morgan fingerprint density at radius 2 is 1.82 bits per heavy atom. The van der Waals surface area contributed by atoms with Crippen molar-refractivity contribution >= 4 is 12.2 Å². The third kappa shape index (κ3) is 11.0. The topological polar surface area (TPSA) is 119 Å². The van der Waals surface area contributed by atoms with E-state index in [1.54, 1.807) is 11.0 Å². The number of rotatable bonds is 14. The van der Waals surface area contributed by atoms with Gasteiger partial charge in [-0.2, -0.15) is 0 Å². The van der Waals surface area contributed by atoms with Gasteiger partial charge in [-0.15, -0.1) is 0 Å². The van der Waals surface area contributed by atoms with E-state index >= 15 is 0 Å². The maximum atomic E-state index is 14.5. The molecule has 0 aromatic heterocycles. The van der Waals surface area contributed by atoms with Crippen molar-refractivity contribution in [3.8, 4) is 5.75 Å². The summed E-state index contributed by atoms with van der Waals surface area (Å²) < 4.78 is 43.1. The van der Waals surface area contributed by atoms with E-state index in [9.17, 15) is 19.1 Å². The van der Waals surface area contributed by atoms with Gasteiger partial charge in [-0.05, 0) is 63.3 Å². The lowest BCUT2D eigenvalue weighted by molar-refractivity contribution is -0.182. The van der Waals surface area contributed by atoms with Gasteiger partial charge in [-0.1, -0.05) is 50.2 Å². The highest BCUT2D eigenvalue weighted by Crippen LogP contribution is 2.36. The van der Waals surface area contributed by atoms with E-state index in [4.69, 9.17) is 23.7 Å². The van der Waals surface area contributed by atoms with Gasteiger partial charge in [0, 0.05) is 32.6 Å². The molecule has 0 spiro atoms. The van der Waals surface area contributed by atoms with Gasteiger partial charge in [0.1, 0.15) is 11.7 Å². The molecule has 2 fully saturated rings. The summed E-state index contributed by atoms with van der Waals surface area (Å²) in [5.74, 6) is -0.429. The molecule has 0 unspecified atom stereocenters. The number of carbonyl (C=O) groups is 2. The fourth-order valence-electron chi connectivity index (χ4n) is 6.58. The Labute approximate surface area is 290 Å². The lowest BCUT2D eigenvalue weighted by Crippen LogP contribution is -2.54. The number of aliphatic hydroxyl groups is 1. The van der Waals surface area contributed by atoms with Gasteiger partial charge < -0.3 is 39.0 Å². The maximum absolute atomic E-state index is 14.5. The Morgan fingerprint density at radius 1 is 1.08 bits per heavy atom. The van der Waals surface area contributed by atoms with Crippen LogP contribution in [-0.4, -0.2) is 103 Å². The van der Waals surface area contributed by atoms with Crippen LogP contribution in [0.2, 0.25) is 0 Å². The van der Waals surface area contributed by atoms with Gasteiger partial charge in [0.25, 0.3) is 0 Å². The number of nitrogens with zero attached hydrogens (tertiary/aromatic N) is 2. The van der Waals surface area contributed by atoms with E-state index < -0.39 is 60.1 Å². The molecule has 0 saturated carbocycles. The van der Waals surface area contributed by atoms with Crippen LogP contribution in [0.1, 0.15) is 59.1 Å². The van der Waals surface area contributed by atoms with E-state index in [2.05, 4.69) is 24.1 Å². The minimum Gasteiger partial charge on any atom is -0.494 e. The van der Waals surface area contributed by atoms with Crippen molar-refractivity contribution in [1.29, 1.82) is 0 Å². The fourth-order valence-corrected chi connectivity index (χ4v) is 6.58. The number of likely N-dealkylation sites (N-methyl/N-ethyl adjacent to an activating group) is 1. The first kappa shape index (κ1) is 38.4. The van der Waals surface area contributed by atoms with Crippen LogP contribution in [-0.2, 0) is 31.9 Å². The monoisotopic (exact) mass is 687 g/mol. The van der Waals surface area contributed by atoms with E-state index in [0.29, 0.717) is 39.1 Å². The van der Waals surface area contributed by atoms with Crippen LogP contribution in [0.3, 0.4) is 0 Å². The van der Waals surface area contributed by atoms with Gasteiger partial charge in [0.05, 0.1) is 44.4 Å². The highest BCUT2D eigenvalue weighted by molar-refractivity contribution is 5.69. The average Bonchev–Trinajstić information content (AvgIpc) is 3.45. The zero-order chi connectivity index (χ0) is 35.7. The smallest absolute Gasteiger partial charge is 0.410 e. The van der Waals surface area contributed by atoms with Gasteiger partial charge >= 0.3 is 12.2 Å². The Kier molecular flexibility index (Phi) is 13.7. The fraction of sp³-hybridized carbons (Fsp3) is 0.622. The third-order valence-electron chi connectivity index (χ3n) is 8.69. The van der Waals surface area contributed by atoms with Crippen LogP contribution in [0.15, 0.2) is 48.5 Å². The van der Waals surface area contributed by atoms with E-state index in [-0.39, 0.29) is 24.8 Å². The molecule has 0 radical (unpaired) electrons. The van der Waals surface area contributed by atoms with Crippen molar-refractivity contribution < 1.29 is 42.8 Å². The number of halogens is 1. The zero-order valence-electron chi connectivity index (χ0n) is 29.9. The number of hydrogen-bond acceptors (Lipinski definition) is 9. The van der Waals surface area contributed by atoms with Crippen molar-refractivity contribution in [2.24, 2.45) is 11.8 Å². The van der Waals surface area contributed by atoms with Crippen molar-refractivity contribution in [3.05, 3.63) is 65.5 Å². The van der Waals surface area contributed by atoms with Crippen LogP contribution in [0, 0.1) is 17.7 Å². The molecule has 2 N–H and O–H groups in total. The van der Waals surface area contributed by atoms with Gasteiger partial charge in [0.2, 0.25) is 0 Å². The van der Waals surface area contributed by atoms with Crippen LogP contribution < -0.4 is 10.1 Å². The van der Waals surface area contributed by atoms with Crippen molar-refractivity contribution in [1.82, 2.24) is 15.1 Å². The Bertz CT molecular complexity index is 1360. The van der Waals surface area contributed by atoms with Crippen LogP contribution in [0.5, 0.6) is 5.75 Å². The molecular weight excluding hydrogens is 633 g/mol. The molecule has 4 rings (SSSR count). The molecule has 12 heteroatoms. The molecule has 272 valence electrons. The SMILES string of the molecule is CCN(C(=O)OC(C)(C)C)[C@H]1CO[C@@H]2OCC[C@H](OC(=O)N[C@@H](Cc3ccccc3)[C@H](O)CN(Cc3ccc(OC)c(F)c3)CC(C)C)[C@@H]21. The lowest BCUT2D eigenvalue weighted by Gasteiger charge is -2.39. The summed E-state index contributed by atoms with van der Waals surface area (Å²) >= 11 is 0. The second-order valence-electron chi connectivity index (χ2n) is 14.3. The molecule has 2 aliphatic rings. The number of hydrogen-bond donors (Lipinski definition) is 2. The molecule has 2 amide bonds. The largest absolute Gasteiger partial charge is 0.494 e. The average molecular weight is 688 g/mol. The first-order chi connectivity index (χ1) is 23.3. The Morgan fingerprint density at radius 3 is 2.45 bits per heavy atom. The molecule has 2 aromatic rings. The Balaban J connectivity index is 1.49. The molecule has 2 saturated heterocycles. The summed E-state index contributed by atoms with van der Waals surface area (Å²) in [6.07, 6.45) is -2.57. The minimum atomic E-state index is -0.984. The molecule has 49 heavy (non-hydrogen) atoms. The summed E-state index contributed by atoms with van der Waals surface area (Å²) in [6, 6.07) is 13.3. The van der Waals surface area contributed by atoms with Gasteiger partial charge in [-0.3, -0.25) is 4.90 Å². The van der Waals surface area contributed by atoms with Crippen molar-refractivity contribution in [2.45, 2.75) is 97.1 Å². The number of fused-ring (bicyclic) bond motifs is 1. The van der Waals surface area contributed by atoms with E-state index in [0.717, 1.165) is 11.1 Å². The molecule has 2 aromatic carbocycles. The maximum Gasteiger partial charge on any atom is 0.410 e. The highest BCUT2D eigenvalue weighted by atomic mass is 19.1. The molecule has 2 heterocycles. The number of methoxy groups -OCH3 is 1. The second kappa shape index (κ2) is 17.5. The second-order valence-corrected chi connectivity index (χ2v) is 14.3. The van der Waals surface area contributed by atoms with Gasteiger partial charge in [0.15, 0.2) is 17.9 Å². The number of aliphatic hydroxyl groups excluding tert-OH is 1. The first-order valence-electron chi connectivity index (χ1n) is 17.2. The van der Waals surface area contributed by atoms with Crippen LogP contribution in [0.25, 0.3) is 0 Å². The number of benzene rings is 2. The molecule has 11 nitrogen and oxygen atoms in total. The Hall–Kier alpha value is -3.45. The first-order valence-corrected chi connectivity index (χ1v) is 17.2. The summed E-state index contributed by atoms with van der Waals surface area (Å²) in [6.45, 7) is 13.7. The standard InChI is InChI=1S/C37H54FN3O8/c1-8-41(36(44)49-37(4,5)6)29-23-47-34-33(29)32(16-17-46-34)48-35(43)39-28(19-25-12-10-9-11-13-25)30(42)22-40(20-24(2)3)21-26-14-15-31(45-7)27(38)18-26/h9-15,18,24,28-30,32-34,42H,8,16-17,19-23H2,1-7H3,(H,39,43)/t28-,29-,30+,32-,33-,34-/m0/s1. The summed E-state index contributed by atoms with van der Waals surface area (Å²) in [5, 5.41) is 14.6. The van der Waals surface area contributed by atoms with Crippen molar-refractivity contribution in [2.75, 3.05) is 40.0 Å². The summed E-state index contributed by atoms with van der Waals surface area (Å²) in [7, 11) is 1.43. The number of ether oxygens (including phenoxy) is 5. The highest BCUT2D eigenvalue weighted by Gasteiger charge is 2.51. The molecule has 2 aliphatic heterocycles. The number of nitrogens with one attached hydrogen (secondary N) is 1. The van der Waals surface area contributed by atoms with E-state index in [1.165, 1.54) is 13.2 Å². The number of carbonyl (C=O) groups excluding carboxylic acids is 2. The predicted octanol–water partition coefficient (Wildman–Crippen LogP) is 5.38. The third-order valence-corrected chi connectivity index (χ3v) is 8.69. The number of amides is 2. The van der Waals surface area contributed by atoms with Crippen molar-refractivity contribution in [3.63, 3.8) is 0 Å². The summed E-state index contributed by atoms with van der Waals surface area (Å²) in [4.78, 5) is 30.4. The lowest BCUT2D eigenvalue weighted by atomic mass is 9.90. The summed E-state index contributed by atoms with van der Waals surface area (Å²) in [5.41, 5.74) is 1.01. The normalized spacial score (nSPS) is 21.9. The molecule has 0 bridgehead atoms. The quantitative estimate of drug-likeness (QED) is 0.270.